The molecule has 0 aliphatic rings. The number of nitrogens with zero attached hydrogens (tertiary/aromatic N) is 3. The topological polar surface area (TPSA) is 83.9 Å². The zero-order valence-electron chi connectivity index (χ0n) is 16.2. The van der Waals surface area contributed by atoms with Crippen LogP contribution in [0.3, 0.4) is 0 Å². The Morgan fingerprint density at radius 3 is 2.50 bits per heavy atom. The summed E-state index contributed by atoms with van der Waals surface area (Å²) >= 11 is 0. The Kier molecular flexibility index (Phi) is 5.63. The first-order chi connectivity index (χ1) is 14.1. The third-order valence-corrected chi connectivity index (χ3v) is 4.21. The molecule has 0 spiro atoms. The van der Waals surface area contributed by atoms with E-state index in [9.17, 15) is 22.4 Å². The van der Waals surface area contributed by atoms with Crippen molar-refractivity contribution in [1.29, 1.82) is 0 Å². The molecule has 2 aromatic heterocycles. The van der Waals surface area contributed by atoms with Crippen molar-refractivity contribution in [2.75, 3.05) is 17.7 Å². The van der Waals surface area contributed by atoms with Crippen molar-refractivity contribution in [2.24, 2.45) is 7.05 Å². The number of hydrogen-bond acceptors (Lipinski definition) is 5. The fraction of sp³-hybridized carbons (Fsp3) is 0.211. The second-order valence-corrected chi connectivity index (χ2v) is 6.40. The number of anilines is 4. The Morgan fingerprint density at radius 1 is 1.17 bits per heavy atom. The molecule has 3 aromatic rings. The predicted molar refractivity (Wildman–Crippen MR) is 104 cm³/mol. The third-order valence-electron chi connectivity index (χ3n) is 4.21. The smallest absolute Gasteiger partial charge is 0.355 e. The number of aryl methyl sites for hydroxylation is 2. The number of halogens is 4. The molecule has 0 fully saturated rings. The van der Waals surface area contributed by atoms with Gasteiger partial charge in [0.05, 0.1) is 28.2 Å². The summed E-state index contributed by atoms with van der Waals surface area (Å²) in [7, 11) is 3.00. The fourth-order valence-electron chi connectivity index (χ4n) is 2.82. The van der Waals surface area contributed by atoms with Crippen molar-refractivity contribution in [1.82, 2.24) is 20.1 Å². The Bertz CT molecular complexity index is 1090. The number of alkyl halides is 3. The van der Waals surface area contributed by atoms with Crippen molar-refractivity contribution < 1.29 is 22.4 Å². The minimum Gasteiger partial charge on any atom is -0.355 e. The molecule has 2 heterocycles. The van der Waals surface area contributed by atoms with Gasteiger partial charge in [-0.25, -0.2) is 9.37 Å². The van der Waals surface area contributed by atoms with Crippen LogP contribution in [0.1, 0.15) is 21.6 Å². The monoisotopic (exact) mass is 422 g/mol. The normalized spacial score (nSPS) is 11.3. The summed E-state index contributed by atoms with van der Waals surface area (Å²) in [5.74, 6) is -0.949. The maximum atomic E-state index is 14.4. The number of nitrogens with one attached hydrogen (secondary N) is 3. The van der Waals surface area contributed by atoms with Crippen molar-refractivity contribution in [3.8, 4) is 0 Å². The molecule has 0 aliphatic carbocycles. The second kappa shape index (κ2) is 8.01. The Hall–Kier alpha value is -3.63. The van der Waals surface area contributed by atoms with Crippen LogP contribution in [0, 0.1) is 12.7 Å². The minimum absolute atomic E-state index is 0.0753. The summed E-state index contributed by atoms with van der Waals surface area (Å²) in [5.41, 5.74) is -1.39. The highest BCUT2D eigenvalue weighted by Crippen LogP contribution is 2.38. The molecule has 11 heteroatoms. The third kappa shape index (κ3) is 4.34. The quantitative estimate of drug-likeness (QED) is 0.539. The lowest BCUT2D eigenvalue weighted by atomic mass is 10.1. The maximum Gasteiger partial charge on any atom is 0.419 e. The molecular weight excluding hydrogens is 404 g/mol. The van der Waals surface area contributed by atoms with E-state index >= 15 is 0 Å². The molecule has 158 valence electrons. The van der Waals surface area contributed by atoms with Crippen LogP contribution in [0.4, 0.5) is 40.6 Å². The molecule has 30 heavy (non-hydrogen) atoms. The van der Waals surface area contributed by atoms with Gasteiger partial charge in [0.15, 0.2) is 0 Å². The van der Waals surface area contributed by atoms with Gasteiger partial charge in [-0.15, -0.1) is 0 Å². The van der Waals surface area contributed by atoms with E-state index in [1.54, 1.807) is 20.0 Å². The number of carbonyl (C=O) groups is 1. The second-order valence-electron chi connectivity index (χ2n) is 6.40. The van der Waals surface area contributed by atoms with Crippen LogP contribution >= 0.6 is 0 Å². The zero-order valence-corrected chi connectivity index (χ0v) is 16.2. The first-order valence-electron chi connectivity index (χ1n) is 8.72. The van der Waals surface area contributed by atoms with E-state index in [1.807, 2.05) is 0 Å². The number of rotatable bonds is 5. The molecule has 3 N–H and O–H groups in total. The van der Waals surface area contributed by atoms with E-state index in [0.717, 1.165) is 12.1 Å². The van der Waals surface area contributed by atoms with Gasteiger partial charge in [-0.3, -0.25) is 9.48 Å². The molecule has 0 aliphatic heterocycles. The van der Waals surface area contributed by atoms with Crippen LogP contribution in [0.2, 0.25) is 0 Å². The molecule has 0 bridgehead atoms. The number of para-hydroxylation sites is 1. The summed E-state index contributed by atoms with van der Waals surface area (Å²) in [5, 5.41) is 11.8. The SMILES string of the molecule is CNC(=O)c1cccc(F)c1Nc1cc(Nc2cc(C)nn2C)ncc1C(F)(F)F. The van der Waals surface area contributed by atoms with Gasteiger partial charge < -0.3 is 16.0 Å². The van der Waals surface area contributed by atoms with Gasteiger partial charge in [0.25, 0.3) is 5.91 Å². The number of aromatic nitrogens is 3. The van der Waals surface area contributed by atoms with Gasteiger partial charge in [-0.2, -0.15) is 18.3 Å². The average molecular weight is 422 g/mol. The van der Waals surface area contributed by atoms with E-state index in [2.05, 4.69) is 26.0 Å². The molecular formula is C19H18F4N6O. The van der Waals surface area contributed by atoms with Gasteiger partial charge in [0.2, 0.25) is 0 Å². The fourth-order valence-corrected chi connectivity index (χ4v) is 2.82. The number of pyridine rings is 1. The predicted octanol–water partition coefficient (Wildman–Crippen LogP) is 4.13. The largest absolute Gasteiger partial charge is 0.419 e. The molecule has 0 radical (unpaired) electrons. The molecule has 1 aromatic carbocycles. The highest BCUT2D eigenvalue weighted by molar-refractivity contribution is 6.00. The molecule has 0 atom stereocenters. The van der Waals surface area contributed by atoms with Crippen LogP contribution in [0.15, 0.2) is 36.5 Å². The van der Waals surface area contributed by atoms with E-state index in [0.29, 0.717) is 17.7 Å². The number of benzene rings is 1. The Morgan fingerprint density at radius 2 is 1.90 bits per heavy atom. The summed E-state index contributed by atoms with van der Waals surface area (Å²) in [4.78, 5) is 15.8. The molecule has 0 saturated heterocycles. The van der Waals surface area contributed by atoms with E-state index < -0.39 is 29.2 Å². The lowest BCUT2D eigenvalue weighted by Crippen LogP contribution is -2.20. The Labute approximate surface area is 169 Å². The van der Waals surface area contributed by atoms with E-state index in [-0.39, 0.29) is 17.1 Å². The maximum absolute atomic E-state index is 14.4. The first-order valence-corrected chi connectivity index (χ1v) is 8.72. The van der Waals surface area contributed by atoms with Gasteiger partial charge in [-0.05, 0) is 19.1 Å². The van der Waals surface area contributed by atoms with Crippen LogP contribution in [0.5, 0.6) is 0 Å². The molecule has 1 amide bonds. The van der Waals surface area contributed by atoms with Gasteiger partial charge in [0, 0.05) is 32.4 Å². The lowest BCUT2D eigenvalue weighted by molar-refractivity contribution is -0.137. The van der Waals surface area contributed by atoms with Crippen molar-refractivity contribution in [2.45, 2.75) is 13.1 Å². The van der Waals surface area contributed by atoms with E-state index in [4.69, 9.17) is 0 Å². The summed E-state index contributed by atoms with van der Waals surface area (Å²) < 4.78 is 56.4. The summed E-state index contributed by atoms with van der Waals surface area (Å²) in [6, 6.07) is 6.41. The van der Waals surface area contributed by atoms with Crippen molar-refractivity contribution in [3.63, 3.8) is 0 Å². The van der Waals surface area contributed by atoms with Crippen LogP contribution in [-0.4, -0.2) is 27.7 Å². The molecule has 3 rings (SSSR count). The van der Waals surface area contributed by atoms with Crippen LogP contribution < -0.4 is 16.0 Å². The standard InChI is InChI=1S/C19H18F4N6O/c1-10-7-16(29(3)28-10)27-15-8-14(12(9-25-15)19(21,22)23)26-17-11(18(30)24-2)5-4-6-13(17)20/h4-9H,1-3H3,(H,24,30)(H2,25,26,27). The Balaban J connectivity index is 2.07. The first kappa shape index (κ1) is 21.1. The molecule has 0 unspecified atom stereocenters. The van der Waals surface area contributed by atoms with Gasteiger partial charge in [0.1, 0.15) is 17.5 Å². The van der Waals surface area contributed by atoms with Crippen LogP contribution in [-0.2, 0) is 13.2 Å². The van der Waals surface area contributed by atoms with Crippen molar-refractivity contribution in [3.05, 3.63) is 59.2 Å². The number of amides is 1. The number of carbonyl (C=O) groups excluding carboxylic acids is 1. The average Bonchev–Trinajstić information content (AvgIpc) is 2.98. The lowest BCUT2D eigenvalue weighted by Gasteiger charge is -2.18. The minimum atomic E-state index is -4.75. The zero-order chi connectivity index (χ0) is 22.1. The van der Waals surface area contributed by atoms with Gasteiger partial charge >= 0.3 is 6.18 Å². The molecule has 0 saturated carbocycles. The van der Waals surface area contributed by atoms with Gasteiger partial charge in [-0.1, -0.05) is 6.07 Å². The van der Waals surface area contributed by atoms with Crippen LogP contribution in [0.25, 0.3) is 0 Å². The highest BCUT2D eigenvalue weighted by Gasteiger charge is 2.35. The molecule has 7 nitrogen and oxygen atoms in total. The number of hydrogen-bond donors (Lipinski definition) is 3. The summed E-state index contributed by atoms with van der Waals surface area (Å²) in [6.45, 7) is 1.76. The van der Waals surface area contributed by atoms with E-state index in [1.165, 1.54) is 23.9 Å². The highest BCUT2D eigenvalue weighted by atomic mass is 19.4. The summed E-state index contributed by atoms with van der Waals surface area (Å²) in [6.07, 6.45) is -4.12. The van der Waals surface area contributed by atoms with Crippen molar-refractivity contribution >= 4 is 28.9 Å².